The summed E-state index contributed by atoms with van der Waals surface area (Å²) >= 11 is 7.70. The highest BCUT2D eigenvalue weighted by atomic mass is 35.5. The fourth-order valence-corrected chi connectivity index (χ4v) is 6.02. The standard InChI is InChI=1S/C30H36ClN3O4S2/c1-21(2)18-32-30(36)23(4)33(19-24-7-6-8-25(31)17-24)29(35)20-34(26-11-9-22(3)10-12-26)40(37,38)28-15-13-27(39-5)14-16-28/h6-17,21,23H,18-20H2,1-5H3,(H,32,36)/t23-/m1/s1. The van der Waals surface area contributed by atoms with Crippen molar-refractivity contribution >= 4 is 50.9 Å². The Hall–Kier alpha value is -3.01. The van der Waals surface area contributed by atoms with Crippen LogP contribution in [0.25, 0.3) is 0 Å². The van der Waals surface area contributed by atoms with E-state index in [-0.39, 0.29) is 23.3 Å². The Balaban J connectivity index is 2.01. The maximum Gasteiger partial charge on any atom is 0.264 e. The molecule has 0 aliphatic rings. The molecule has 1 atom stereocenters. The van der Waals surface area contributed by atoms with Crippen molar-refractivity contribution in [1.82, 2.24) is 10.2 Å². The molecule has 10 heteroatoms. The van der Waals surface area contributed by atoms with Gasteiger partial charge >= 0.3 is 0 Å². The minimum absolute atomic E-state index is 0.0720. The van der Waals surface area contributed by atoms with Crippen LogP contribution in [0.2, 0.25) is 5.02 Å². The Morgan fingerprint density at radius 1 is 0.975 bits per heavy atom. The number of sulfonamides is 1. The zero-order chi connectivity index (χ0) is 29.4. The van der Waals surface area contributed by atoms with Crippen molar-refractivity contribution < 1.29 is 18.0 Å². The van der Waals surface area contributed by atoms with Crippen molar-refractivity contribution in [3.05, 3.63) is 88.9 Å². The first-order valence-corrected chi connectivity index (χ1v) is 16.0. The predicted molar refractivity (Wildman–Crippen MR) is 163 cm³/mol. The van der Waals surface area contributed by atoms with Crippen molar-refractivity contribution in [2.24, 2.45) is 5.92 Å². The summed E-state index contributed by atoms with van der Waals surface area (Å²) in [5.74, 6) is -0.605. The summed E-state index contributed by atoms with van der Waals surface area (Å²) in [6.07, 6.45) is 1.91. The van der Waals surface area contributed by atoms with Gasteiger partial charge in [0.2, 0.25) is 11.8 Å². The van der Waals surface area contributed by atoms with E-state index < -0.39 is 28.5 Å². The molecular formula is C30H36ClN3O4S2. The molecule has 214 valence electrons. The van der Waals surface area contributed by atoms with Crippen molar-refractivity contribution in [2.75, 3.05) is 23.7 Å². The molecule has 0 fully saturated rings. The van der Waals surface area contributed by atoms with Gasteiger partial charge in [-0.1, -0.05) is 55.3 Å². The van der Waals surface area contributed by atoms with E-state index in [0.717, 1.165) is 20.3 Å². The van der Waals surface area contributed by atoms with Crippen molar-refractivity contribution in [3.8, 4) is 0 Å². The van der Waals surface area contributed by atoms with E-state index in [4.69, 9.17) is 11.6 Å². The van der Waals surface area contributed by atoms with E-state index in [9.17, 15) is 18.0 Å². The Morgan fingerprint density at radius 3 is 2.20 bits per heavy atom. The maximum atomic E-state index is 13.9. The smallest absolute Gasteiger partial charge is 0.264 e. The molecule has 0 saturated heterocycles. The fraction of sp³-hybridized carbons (Fsp3) is 0.333. The number of nitrogens with zero attached hydrogens (tertiary/aromatic N) is 2. The highest BCUT2D eigenvalue weighted by Gasteiger charge is 2.32. The number of aryl methyl sites for hydroxylation is 1. The minimum atomic E-state index is -4.11. The van der Waals surface area contributed by atoms with Crippen molar-refractivity contribution in [2.45, 2.75) is 50.1 Å². The van der Waals surface area contributed by atoms with Gasteiger partial charge in [-0.15, -0.1) is 11.8 Å². The largest absolute Gasteiger partial charge is 0.354 e. The zero-order valence-electron chi connectivity index (χ0n) is 23.4. The monoisotopic (exact) mass is 601 g/mol. The lowest BCUT2D eigenvalue weighted by molar-refractivity contribution is -0.139. The Morgan fingerprint density at radius 2 is 1.62 bits per heavy atom. The van der Waals surface area contributed by atoms with Crippen LogP contribution in [-0.2, 0) is 26.2 Å². The first kappa shape index (κ1) is 31.5. The van der Waals surface area contributed by atoms with Crippen LogP contribution in [0, 0.1) is 12.8 Å². The molecule has 0 aliphatic carbocycles. The van der Waals surface area contributed by atoms with Gasteiger partial charge in [0.15, 0.2) is 0 Å². The number of carbonyl (C=O) groups excluding carboxylic acids is 2. The first-order valence-electron chi connectivity index (χ1n) is 13.0. The summed E-state index contributed by atoms with van der Waals surface area (Å²) in [4.78, 5) is 29.4. The highest BCUT2D eigenvalue weighted by Crippen LogP contribution is 2.26. The molecule has 7 nitrogen and oxygen atoms in total. The Bertz CT molecular complexity index is 1410. The van der Waals surface area contributed by atoms with Crippen LogP contribution >= 0.6 is 23.4 Å². The summed E-state index contributed by atoms with van der Waals surface area (Å²) in [6, 6.07) is 19.7. The van der Waals surface area contributed by atoms with Gasteiger partial charge < -0.3 is 10.2 Å². The second kappa shape index (κ2) is 14.1. The lowest BCUT2D eigenvalue weighted by Crippen LogP contribution is -2.51. The predicted octanol–water partition coefficient (Wildman–Crippen LogP) is 5.76. The number of thioether (sulfide) groups is 1. The summed E-state index contributed by atoms with van der Waals surface area (Å²) in [5.41, 5.74) is 2.03. The molecule has 3 rings (SSSR count). The molecule has 0 aliphatic heterocycles. The lowest BCUT2D eigenvalue weighted by Gasteiger charge is -2.32. The number of carbonyl (C=O) groups is 2. The Labute approximate surface area is 247 Å². The molecule has 3 aromatic carbocycles. The van der Waals surface area contributed by atoms with E-state index >= 15 is 0 Å². The first-order chi connectivity index (χ1) is 18.9. The van der Waals surface area contributed by atoms with Gasteiger partial charge in [0.05, 0.1) is 10.6 Å². The van der Waals surface area contributed by atoms with Crippen LogP contribution in [0.1, 0.15) is 31.9 Å². The number of rotatable bonds is 12. The van der Waals surface area contributed by atoms with E-state index in [1.807, 2.05) is 33.1 Å². The summed E-state index contributed by atoms with van der Waals surface area (Å²) in [6.45, 7) is 7.56. The van der Waals surface area contributed by atoms with Gasteiger partial charge in [0.25, 0.3) is 10.0 Å². The third-order valence-electron chi connectivity index (χ3n) is 6.34. The average molecular weight is 602 g/mol. The third kappa shape index (κ3) is 8.25. The third-order valence-corrected chi connectivity index (χ3v) is 9.11. The van der Waals surface area contributed by atoms with Gasteiger partial charge in [-0.2, -0.15) is 0 Å². The average Bonchev–Trinajstić information content (AvgIpc) is 2.93. The summed E-state index contributed by atoms with van der Waals surface area (Å²) < 4.78 is 28.9. The Kier molecular flexibility index (Phi) is 11.1. The second-order valence-electron chi connectivity index (χ2n) is 9.99. The number of amides is 2. The molecular weight excluding hydrogens is 566 g/mol. The molecule has 40 heavy (non-hydrogen) atoms. The van der Waals surface area contributed by atoms with Crippen LogP contribution < -0.4 is 9.62 Å². The molecule has 0 radical (unpaired) electrons. The number of halogens is 1. The van der Waals surface area contributed by atoms with Gasteiger partial charge in [-0.3, -0.25) is 13.9 Å². The maximum absolute atomic E-state index is 13.9. The second-order valence-corrected chi connectivity index (χ2v) is 13.2. The van der Waals surface area contributed by atoms with Gasteiger partial charge in [0.1, 0.15) is 12.6 Å². The van der Waals surface area contributed by atoms with Crippen LogP contribution in [-0.4, -0.2) is 50.5 Å². The van der Waals surface area contributed by atoms with Crippen LogP contribution in [0.4, 0.5) is 5.69 Å². The van der Waals surface area contributed by atoms with Gasteiger partial charge in [-0.25, -0.2) is 8.42 Å². The molecule has 0 unspecified atom stereocenters. The number of anilines is 1. The summed E-state index contributed by atoms with van der Waals surface area (Å²) in [5, 5.41) is 3.38. The molecule has 0 spiro atoms. The molecule has 0 bridgehead atoms. The number of nitrogens with one attached hydrogen (secondary N) is 1. The van der Waals surface area contributed by atoms with Crippen LogP contribution in [0.3, 0.4) is 0 Å². The van der Waals surface area contributed by atoms with E-state index in [2.05, 4.69) is 5.32 Å². The van der Waals surface area contributed by atoms with Gasteiger partial charge in [0, 0.05) is 23.0 Å². The summed E-state index contributed by atoms with van der Waals surface area (Å²) in [7, 11) is -4.11. The molecule has 0 heterocycles. The minimum Gasteiger partial charge on any atom is -0.354 e. The number of benzene rings is 3. The topological polar surface area (TPSA) is 86.8 Å². The molecule has 0 aromatic heterocycles. The molecule has 0 saturated carbocycles. The van der Waals surface area contributed by atoms with Crippen molar-refractivity contribution in [3.63, 3.8) is 0 Å². The SMILES string of the molecule is CSc1ccc(S(=O)(=O)N(CC(=O)N(Cc2cccc(Cl)c2)[C@H](C)C(=O)NCC(C)C)c2ccc(C)cc2)cc1. The fourth-order valence-electron chi connectivity index (χ4n) is 3.98. The lowest BCUT2D eigenvalue weighted by atomic mass is 10.1. The molecule has 2 amide bonds. The quantitative estimate of drug-likeness (QED) is 0.267. The van der Waals surface area contributed by atoms with E-state index in [0.29, 0.717) is 17.3 Å². The van der Waals surface area contributed by atoms with Crippen LogP contribution in [0.5, 0.6) is 0 Å². The van der Waals surface area contributed by atoms with E-state index in [1.54, 1.807) is 73.7 Å². The highest BCUT2D eigenvalue weighted by molar-refractivity contribution is 7.98. The zero-order valence-corrected chi connectivity index (χ0v) is 25.8. The number of hydrogen-bond acceptors (Lipinski definition) is 5. The van der Waals surface area contributed by atoms with Crippen LogP contribution in [0.15, 0.2) is 82.6 Å². The normalized spacial score (nSPS) is 12.2. The molecule has 1 N–H and O–H groups in total. The van der Waals surface area contributed by atoms with E-state index in [1.165, 1.54) is 16.7 Å². The number of hydrogen-bond donors (Lipinski definition) is 1. The van der Waals surface area contributed by atoms with Gasteiger partial charge in [-0.05, 0) is 80.1 Å². The van der Waals surface area contributed by atoms with Crippen molar-refractivity contribution in [1.29, 1.82) is 0 Å². The molecule has 3 aromatic rings.